The van der Waals surface area contributed by atoms with Crippen molar-refractivity contribution in [3.63, 3.8) is 0 Å². The van der Waals surface area contributed by atoms with E-state index in [4.69, 9.17) is 10.5 Å². The lowest BCUT2D eigenvalue weighted by Crippen LogP contribution is -2.47. The maximum atomic E-state index is 15.1. The number of carbonyl (C=O) groups is 3. The molecule has 0 fully saturated rings. The molecule has 3 rings (SSSR count). The van der Waals surface area contributed by atoms with Gasteiger partial charge in [0.05, 0.1) is 18.5 Å². The molecule has 2 unspecified atom stereocenters. The van der Waals surface area contributed by atoms with Crippen LogP contribution in [0.3, 0.4) is 0 Å². The predicted octanol–water partition coefficient (Wildman–Crippen LogP) is 5.17. The molecule has 0 radical (unpaired) electrons. The Hall–Kier alpha value is -3.91. The minimum Gasteiger partial charge on any atom is -0.461 e. The highest BCUT2D eigenvalue weighted by Crippen LogP contribution is 2.31. The zero-order valence-electron chi connectivity index (χ0n) is 21.9. The van der Waals surface area contributed by atoms with Crippen LogP contribution in [0.15, 0.2) is 91.0 Å². The molecule has 8 heteroatoms. The third-order valence-corrected chi connectivity index (χ3v) is 6.52. The van der Waals surface area contributed by atoms with Crippen molar-refractivity contribution in [2.45, 2.75) is 57.2 Å². The minimum atomic E-state index is -3.67. The number of esters is 1. The highest BCUT2D eigenvalue weighted by Gasteiger charge is 2.41. The number of ketones is 1. The van der Waals surface area contributed by atoms with Crippen LogP contribution in [0, 0.1) is 5.92 Å². The molecular formula is C31H34F2N2O4. The lowest BCUT2D eigenvalue weighted by molar-refractivity contribution is -0.147. The van der Waals surface area contributed by atoms with Crippen molar-refractivity contribution in [2.24, 2.45) is 11.7 Å². The smallest absolute Gasteiger partial charge is 0.307 e. The molecule has 6 nitrogen and oxygen atoms in total. The topological polar surface area (TPSA) is 98.5 Å². The number of amides is 1. The number of nitrogens with two attached hydrogens (primary N) is 1. The SMILES string of the molecule is CC(CC(=O)OCc1ccccc1)[C@H](N)C(=O)NC(CC(F)(F)C(=O)CCc1ccccc1)c1ccccc1. The molecule has 1 amide bonds. The number of ether oxygens (including phenoxy) is 1. The highest BCUT2D eigenvalue weighted by molar-refractivity contribution is 5.86. The average molecular weight is 537 g/mol. The number of benzene rings is 3. The van der Waals surface area contributed by atoms with E-state index in [9.17, 15) is 14.4 Å². The number of nitrogens with one attached hydrogen (secondary N) is 1. The number of hydrogen-bond acceptors (Lipinski definition) is 5. The van der Waals surface area contributed by atoms with E-state index in [2.05, 4.69) is 5.32 Å². The molecule has 0 saturated carbocycles. The molecule has 0 bridgehead atoms. The Bertz CT molecular complexity index is 1210. The molecule has 0 aliphatic rings. The summed E-state index contributed by atoms with van der Waals surface area (Å²) in [4.78, 5) is 37.7. The largest absolute Gasteiger partial charge is 0.461 e. The second-order valence-electron chi connectivity index (χ2n) is 9.64. The monoisotopic (exact) mass is 536 g/mol. The summed E-state index contributed by atoms with van der Waals surface area (Å²) in [6, 6.07) is 24.0. The third kappa shape index (κ3) is 9.41. The normalized spacial score (nSPS) is 13.6. The molecule has 3 N–H and O–H groups in total. The summed E-state index contributed by atoms with van der Waals surface area (Å²) >= 11 is 0. The van der Waals surface area contributed by atoms with Crippen molar-refractivity contribution in [2.75, 3.05) is 0 Å². The molecular weight excluding hydrogens is 502 g/mol. The van der Waals surface area contributed by atoms with Crippen LogP contribution in [0.1, 0.15) is 48.9 Å². The van der Waals surface area contributed by atoms with E-state index in [0.29, 0.717) is 5.56 Å². The van der Waals surface area contributed by atoms with Gasteiger partial charge in [0.25, 0.3) is 0 Å². The van der Waals surface area contributed by atoms with Gasteiger partial charge >= 0.3 is 11.9 Å². The zero-order valence-corrected chi connectivity index (χ0v) is 21.9. The number of halogens is 2. The summed E-state index contributed by atoms with van der Waals surface area (Å²) in [5.74, 6) is -6.69. The van der Waals surface area contributed by atoms with Crippen LogP contribution in [0.2, 0.25) is 0 Å². The second kappa shape index (κ2) is 14.3. The maximum Gasteiger partial charge on any atom is 0.307 e. The lowest BCUT2D eigenvalue weighted by atomic mass is 9.93. The van der Waals surface area contributed by atoms with Gasteiger partial charge in [-0.15, -0.1) is 0 Å². The number of carbonyl (C=O) groups excluding carboxylic acids is 3. The van der Waals surface area contributed by atoms with E-state index < -0.39 is 48.0 Å². The van der Waals surface area contributed by atoms with Crippen molar-refractivity contribution in [1.82, 2.24) is 5.32 Å². The molecule has 3 atom stereocenters. The van der Waals surface area contributed by atoms with Crippen LogP contribution in [-0.4, -0.2) is 29.6 Å². The second-order valence-corrected chi connectivity index (χ2v) is 9.64. The van der Waals surface area contributed by atoms with E-state index in [1.54, 1.807) is 61.5 Å². The first kappa shape index (κ1) is 29.6. The van der Waals surface area contributed by atoms with Crippen LogP contribution < -0.4 is 11.1 Å². The van der Waals surface area contributed by atoms with Crippen LogP contribution in [-0.2, 0) is 32.1 Å². The van der Waals surface area contributed by atoms with Crippen molar-refractivity contribution in [1.29, 1.82) is 0 Å². The molecule has 3 aromatic carbocycles. The first-order chi connectivity index (χ1) is 18.7. The van der Waals surface area contributed by atoms with Gasteiger partial charge in [0.15, 0.2) is 0 Å². The van der Waals surface area contributed by atoms with Gasteiger partial charge in [0.1, 0.15) is 6.61 Å². The van der Waals surface area contributed by atoms with Gasteiger partial charge in [0.2, 0.25) is 11.7 Å². The van der Waals surface area contributed by atoms with Gasteiger partial charge in [-0.2, -0.15) is 8.78 Å². The van der Waals surface area contributed by atoms with Crippen LogP contribution in [0.4, 0.5) is 8.78 Å². The van der Waals surface area contributed by atoms with Gasteiger partial charge in [-0.1, -0.05) is 97.9 Å². The summed E-state index contributed by atoms with van der Waals surface area (Å²) in [6.07, 6.45) is -1.16. The molecule has 0 saturated heterocycles. The Morgan fingerprint density at radius 3 is 2.00 bits per heavy atom. The summed E-state index contributed by atoms with van der Waals surface area (Å²) in [5.41, 5.74) is 8.14. The fraction of sp³-hybridized carbons (Fsp3) is 0.323. The number of alkyl halides is 2. The number of hydrogen-bond donors (Lipinski definition) is 2. The molecule has 0 aliphatic heterocycles. The summed E-state index contributed by atoms with van der Waals surface area (Å²) in [5, 5.41) is 2.58. The van der Waals surface area contributed by atoms with Gasteiger partial charge in [-0.05, 0) is 29.0 Å². The van der Waals surface area contributed by atoms with Crippen molar-refractivity contribution in [3.05, 3.63) is 108 Å². The lowest BCUT2D eigenvalue weighted by Gasteiger charge is -2.27. The Balaban J connectivity index is 1.60. The van der Waals surface area contributed by atoms with Crippen LogP contribution >= 0.6 is 0 Å². The maximum absolute atomic E-state index is 15.1. The highest BCUT2D eigenvalue weighted by atomic mass is 19.3. The Morgan fingerprint density at radius 2 is 1.41 bits per heavy atom. The summed E-state index contributed by atoms with van der Waals surface area (Å²) in [6.45, 7) is 1.71. The quantitative estimate of drug-likeness (QED) is 0.277. The van der Waals surface area contributed by atoms with E-state index >= 15 is 8.78 Å². The molecule has 0 aliphatic carbocycles. The van der Waals surface area contributed by atoms with Gasteiger partial charge in [-0.25, -0.2) is 0 Å². The fourth-order valence-electron chi connectivity index (χ4n) is 4.11. The minimum absolute atomic E-state index is 0.0945. The van der Waals surface area contributed by atoms with Crippen molar-refractivity contribution >= 4 is 17.7 Å². The van der Waals surface area contributed by atoms with Gasteiger partial charge < -0.3 is 15.8 Å². The summed E-state index contributed by atoms with van der Waals surface area (Å²) in [7, 11) is 0. The Labute approximate surface area is 227 Å². The van der Waals surface area contributed by atoms with E-state index in [-0.39, 0.29) is 25.9 Å². The van der Waals surface area contributed by atoms with Crippen molar-refractivity contribution in [3.8, 4) is 0 Å². The molecule has 0 aromatic heterocycles. The summed E-state index contributed by atoms with van der Waals surface area (Å²) < 4.78 is 35.4. The molecule has 206 valence electrons. The predicted molar refractivity (Wildman–Crippen MR) is 145 cm³/mol. The van der Waals surface area contributed by atoms with Crippen LogP contribution in [0.25, 0.3) is 0 Å². The molecule has 0 heterocycles. The Morgan fingerprint density at radius 1 is 0.872 bits per heavy atom. The fourth-order valence-corrected chi connectivity index (χ4v) is 4.11. The molecule has 39 heavy (non-hydrogen) atoms. The number of aryl methyl sites for hydroxylation is 1. The van der Waals surface area contributed by atoms with E-state index in [1.165, 1.54) is 0 Å². The van der Waals surface area contributed by atoms with Crippen LogP contribution in [0.5, 0.6) is 0 Å². The van der Waals surface area contributed by atoms with Gasteiger partial charge in [0, 0.05) is 12.8 Å². The van der Waals surface area contributed by atoms with E-state index in [0.717, 1.165) is 11.1 Å². The van der Waals surface area contributed by atoms with Crippen molar-refractivity contribution < 1.29 is 27.9 Å². The number of Topliss-reactive ketones (excluding diaryl/α,β-unsaturated/α-hetero) is 1. The molecule has 0 spiro atoms. The third-order valence-electron chi connectivity index (χ3n) is 6.52. The average Bonchev–Trinajstić information content (AvgIpc) is 2.95. The Kier molecular flexibility index (Phi) is 10.9. The first-order valence-corrected chi connectivity index (χ1v) is 12.9. The zero-order chi connectivity index (χ0) is 28.3. The van der Waals surface area contributed by atoms with Gasteiger partial charge in [-0.3, -0.25) is 14.4 Å². The standard InChI is InChI=1S/C31H34F2N2O4/c1-22(19-28(37)39-21-24-13-7-3-8-14-24)29(34)30(38)35-26(25-15-9-4-10-16-25)20-31(32,33)27(36)18-17-23-11-5-2-6-12-23/h2-16,22,26,29H,17-21,34H2,1H3,(H,35,38)/t22?,26?,29-/m0/s1. The first-order valence-electron chi connectivity index (χ1n) is 12.9. The number of rotatable bonds is 14. The van der Waals surface area contributed by atoms with E-state index in [1.807, 2.05) is 36.4 Å². The molecule has 3 aromatic rings.